The second-order valence-electron chi connectivity index (χ2n) is 4.65. The Morgan fingerprint density at radius 1 is 1.29 bits per heavy atom. The van der Waals surface area contributed by atoms with E-state index >= 15 is 0 Å². The van der Waals surface area contributed by atoms with Crippen LogP contribution in [0.15, 0.2) is 18.3 Å². The molecule has 0 aliphatic heterocycles. The van der Waals surface area contributed by atoms with E-state index in [0.29, 0.717) is 12.2 Å². The first kappa shape index (κ1) is 14.0. The van der Waals surface area contributed by atoms with E-state index in [1.54, 1.807) is 6.20 Å². The van der Waals surface area contributed by atoms with Crippen LogP contribution in [0.25, 0.3) is 0 Å². The van der Waals surface area contributed by atoms with E-state index < -0.39 is 0 Å². The number of nitrogens with zero attached hydrogens (tertiary/aromatic N) is 1. The number of rotatable bonds is 8. The molecule has 0 aliphatic carbocycles. The van der Waals surface area contributed by atoms with Crippen molar-refractivity contribution in [1.82, 2.24) is 4.98 Å². The molecule has 0 spiro atoms. The summed E-state index contributed by atoms with van der Waals surface area (Å²) in [5, 5.41) is 9.89. The largest absolute Gasteiger partial charge is 0.393 e. The first-order chi connectivity index (χ1) is 8.22. The van der Waals surface area contributed by atoms with Gasteiger partial charge in [-0.05, 0) is 30.5 Å². The Labute approximate surface area is 104 Å². The molecule has 0 aromatic carbocycles. The van der Waals surface area contributed by atoms with Gasteiger partial charge in [0.1, 0.15) is 5.82 Å². The lowest BCUT2D eigenvalue weighted by Crippen LogP contribution is -2.10. The van der Waals surface area contributed by atoms with Crippen molar-refractivity contribution in [3.8, 4) is 0 Å². The molecule has 1 aromatic rings. The van der Waals surface area contributed by atoms with Gasteiger partial charge in [-0.15, -0.1) is 0 Å². The van der Waals surface area contributed by atoms with Crippen LogP contribution in [0, 0.1) is 0 Å². The Bertz CT molecular complexity index is 315. The first-order valence-corrected chi connectivity index (χ1v) is 6.61. The molecule has 0 aliphatic rings. The van der Waals surface area contributed by atoms with Gasteiger partial charge >= 0.3 is 0 Å². The van der Waals surface area contributed by atoms with E-state index in [1.807, 2.05) is 12.1 Å². The van der Waals surface area contributed by atoms with Crippen LogP contribution in [-0.2, 0) is 6.42 Å². The molecule has 3 nitrogen and oxygen atoms in total. The van der Waals surface area contributed by atoms with Crippen LogP contribution in [0.4, 0.5) is 5.82 Å². The third kappa shape index (κ3) is 6.27. The molecule has 1 heterocycles. The van der Waals surface area contributed by atoms with Gasteiger partial charge in [0, 0.05) is 6.20 Å². The highest BCUT2D eigenvalue weighted by molar-refractivity contribution is 5.32. The van der Waals surface area contributed by atoms with E-state index in [2.05, 4.69) is 11.9 Å². The minimum atomic E-state index is -0.251. The summed E-state index contributed by atoms with van der Waals surface area (Å²) >= 11 is 0. The Kier molecular flexibility index (Phi) is 6.63. The van der Waals surface area contributed by atoms with Gasteiger partial charge in [-0.1, -0.05) is 39.0 Å². The highest BCUT2D eigenvalue weighted by Crippen LogP contribution is 2.12. The zero-order chi connectivity index (χ0) is 12.5. The number of aromatic nitrogens is 1. The molecule has 0 amide bonds. The van der Waals surface area contributed by atoms with Crippen molar-refractivity contribution in [2.45, 2.75) is 58.0 Å². The number of unbranched alkanes of at least 4 members (excludes halogenated alkanes) is 4. The molecule has 17 heavy (non-hydrogen) atoms. The number of aliphatic hydroxyl groups is 1. The summed E-state index contributed by atoms with van der Waals surface area (Å²) in [5.74, 6) is 0.526. The minimum Gasteiger partial charge on any atom is -0.393 e. The van der Waals surface area contributed by atoms with E-state index in [1.165, 1.54) is 25.7 Å². The maximum absolute atomic E-state index is 9.89. The second-order valence-corrected chi connectivity index (χ2v) is 4.65. The lowest BCUT2D eigenvalue weighted by Gasteiger charge is -2.10. The fourth-order valence-corrected chi connectivity index (χ4v) is 1.98. The van der Waals surface area contributed by atoms with Crippen molar-refractivity contribution in [3.05, 3.63) is 23.9 Å². The van der Waals surface area contributed by atoms with E-state index in [-0.39, 0.29) is 6.10 Å². The topological polar surface area (TPSA) is 59.1 Å². The molecular formula is C14H24N2O. The molecule has 1 rings (SSSR count). The zero-order valence-corrected chi connectivity index (χ0v) is 10.7. The van der Waals surface area contributed by atoms with Gasteiger partial charge in [0.05, 0.1) is 6.10 Å². The predicted octanol–water partition coefficient (Wildman–Crippen LogP) is 2.93. The van der Waals surface area contributed by atoms with Crippen LogP contribution < -0.4 is 5.73 Å². The molecule has 0 bridgehead atoms. The van der Waals surface area contributed by atoms with Gasteiger partial charge in [-0.2, -0.15) is 0 Å². The normalized spacial score (nSPS) is 12.6. The van der Waals surface area contributed by atoms with Crippen molar-refractivity contribution < 1.29 is 5.11 Å². The van der Waals surface area contributed by atoms with Gasteiger partial charge in [0.25, 0.3) is 0 Å². The van der Waals surface area contributed by atoms with Gasteiger partial charge < -0.3 is 10.8 Å². The van der Waals surface area contributed by atoms with Crippen molar-refractivity contribution in [2.24, 2.45) is 0 Å². The molecule has 3 heteroatoms. The summed E-state index contributed by atoms with van der Waals surface area (Å²) in [4.78, 5) is 3.94. The van der Waals surface area contributed by atoms with Crippen LogP contribution in [0.2, 0.25) is 0 Å². The Hall–Kier alpha value is -1.09. The number of hydrogen-bond acceptors (Lipinski definition) is 3. The maximum Gasteiger partial charge on any atom is 0.123 e. The number of pyridine rings is 1. The summed E-state index contributed by atoms with van der Waals surface area (Å²) < 4.78 is 0. The Balaban J connectivity index is 2.18. The highest BCUT2D eigenvalue weighted by Gasteiger charge is 2.05. The first-order valence-electron chi connectivity index (χ1n) is 6.61. The number of aliphatic hydroxyl groups excluding tert-OH is 1. The molecule has 1 unspecified atom stereocenters. The summed E-state index contributed by atoms with van der Waals surface area (Å²) in [6, 6.07) is 3.75. The fraction of sp³-hybridized carbons (Fsp3) is 0.643. The van der Waals surface area contributed by atoms with Crippen molar-refractivity contribution in [1.29, 1.82) is 0 Å². The number of nitrogen functional groups attached to an aromatic ring is 1. The smallest absolute Gasteiger partial charge is 0.123 e. The van der Waals surface area contributed by atoms with Gasteiger partial charge in [0.2, 0.25) is 0 Å². The van der Waals surface area contributed by atoms with Crippen molar-refractivity contribution in [2.75, 3.05) is 5.73 Å². The third-order valence-electron chi connectivity index (χ3n) is 2.96. The molecule has 1 aromatic heterocycles. The molecule has 0 saturated carbocycles. The van der Waals surface area contributed by atoms with Crippen molar-refractivity contribution in [3.63, 3.8) is 0 Å². The number of hydrogen-bond donors (Lipinski definition) is 2. The van der Waals surface area contributed by atoms with Crippen molar-refractivity contribution >= 4 is 5.82 Å². The highest BCUT2D eigenvalue weighted by atomic mass is 16.3. The lowest BCUT2D eigenvalue weighted by atomic mass is 10.0. The van der Waals surface area contributed by atoms with Gasteiger partial charge in [0.15, 0.2) is 0 Å². The standard InChI is InChI=1S/C14H24N2O/c1-2-3-4-5-6-7-13(17)10-12-8-9-16-14(15)11-12/h8-9,11,13,17H,2-7,10H2,1H3,(H2,15,16). The molecular weight excluding hydrogens is 212 g/mol. The molecule has 0 fully saturated rings. The van der Waals surface area contributed by atoms with Gasteiger partial charge in [-0.25, -0.2) is 4.98 Å². The summed E-state index contributed by atoms with van der Waals surface area (Å²) in [7, 11) is 0. The van der Waals surface area contributed by atoms with E-state index in [9.17, 15) is 5.11 Å². The SMILES string of the molecule is CCCCCCCC(O)Cc1ccnc(N)c1. The second kappa shape index (κ2) is 8.07. The molecule has 1 atom stereocenters. The minimum absolute atomic E-state index is 0.251. The molecule has 3 N–H and O–H groups in total. The summed E-state index contributed by atoms with van der Waals surface area (Å²) in [5.41, 5.74) is 6.66. The monoisotopic (exact) mass is 236 g/mol. The number of anilines is 1. The predicted molar refractivity (Wildman–Crippen MR) is 71.7 cm³/mol. The molecule has 0 saturated heterocycles. The fourth-order valence-electron chi connectivity index (χ4n) is 1.98. The van der Waals surface area contributed by atoms with E-state index in [4.69, 9.17) is 5.73 Å². The van der Waals surface area contributed by atoms with Gasteiger partial charge in [-0.3, -0.25) is 0 Å². The van der Waals surface area contributed by atoms with Crippen LogP contribution >= 0.6 is 0 Å². The third-order valence-corrected chi connectivity index (χ3v) is 2.96. The molecule has 96 valence electrons. The van der Waals surface area contributed by atoms with Crippen LogP contribution in [0.1, 0.15) is 51.0 Å². The average molecular weight is 236 g/mol. The van der Waals surface area contributed by atoms with Crippen LogP contribution in [0.5, 0.6) is 0 Å². The quantitative estimate of drug-likeness (QED) is 0.682. The van der Waals surface area contributed by atoms with E-state index in [0.717, 1.165) is 18.4 Å². The summed E-state index contributed by atoms with van der Waals surface area (Å²) in [6.45, 7) is 2.21. The Morgan fingerprint density at radius 3 is 2.76 bits per heavy atom. The maximum atomic E-state index is 9.89. The summed E-state index contributed by atoms with van der Waals surface area (Å²) in [6.07, 6.45) is 9.19. The average Bonchev–Trinajstić information content (AvgIpc) is 2.29. The lowest BCUT2D eigenvalue weighted by molar-refractivity contribution is 0.161. The number of nitrogens with two attached hydrogens (primary N) is 1. The molecule has 0 radical (unpaired) electrons. The Morgan fingerprint density at radius 2 is 2.06 bits per heavy atom. The van der Waals surface area contributed by atoms with Crippen LogP contribution in [0.3, 0.4) is 0 Å². The van der Waals surface area contributed by atoms with Crippen LogP contribution in [-0.4, -0.2) is 16.2 Å². The zero-order valence-electron chi connectivity index (χ0n) is 10.7.